The van der Waals surface area contributed by atoms with Crippen molar-refractivity contribution in [1.82, 2.24) is 19.7 Å². The first-order valence-electron chi connectivity index (χ1n) is 11.0. The number of nitrogens with zero attached hydrogens (tertiary/aromatic N) is 6. The molecule has 0 saturated heterocycles. The number of esters is 1. The molecule has 11 heteroatoms. The number of aryl methyl sites for hydroxylation is 1. The van der Waals surface area contributed by atoms with Crippen LogP contribution in [0.3, 0.4) is 0 Å². The van der Waals surface area contributed by atoms with Crippen molar-refractivity contribution in [3.05, 3.63) is 71.3 Å². The van der Waals surface area contributed by atoms with E-state index in [0.717, 1.165) is 0 Å². The molecule has 0 radical (unpaired) electrons. The Bertz CT molecular complexity index is 1500. The largest absolute Gasteiger partial charge is 0.468 e. The van der Waals surface area contributed by atoms with Crippen molar-refractivity contribution < 1.29 is 13.9 Å². The van der Waals surface area contributed by atoms with Crippen molar-refractivity contribution in [2.24, 2.45) is 0 Å². The molecule has 3 N–H and O–H groups in total. The highest BCUT2D eigenvalue weighted by Gasteiger charge is 2.27. The molecule has 0 aliphatic heterocycles. The van der Waals surface area contributed by atoms with Crippen LogP contribution in [0.2, 0.25) is 0 Å². The lowest BCUT2D eigenvalue weighted by Crippen LogP contribution is -2.18. The van der Waals surface area contributed by atoms with E-state index in [-0.39, 0.29) is 17.1 Å². The minimum Gasteiger partial charge on any atom is -0.468 e. The summed E-state index contributed by atoms with van der Waals surface area (Å²) in [5, 5.41) is 26.7. The SMILES string of the molecule is COC(=O)[C@@H](C#N)c1nc2ccccc2nc1NCCCc1nn(-c2ccc(F)cc2)c(N)c1C#N. The Morgan fingerprint density at radius 1 is 1.17 bits per heavy atom. The number of rotatable bonds is 8. The Labute approximate surface area is 205 Å². The van der Waals surface area contributed by atoms with Gasteiger partial charge in [0.1, 0.15) is 29.0 Å². The molecule has 180 valence electrons. The zero-order valence-corrected chi connectivity index (χ0v) is 19.3. The fourth-order valence-electron chi connectivity index (χ4n) is 3.71. The molecule has 0 bridgehead atoms. The summed E-state index contributed by atoms with van der Waals surface area (Å²) < 4.78 is 19.4. The second kappa shape index (κ2) is 10.5. The van der Waals surface area contributed by atoms with Crippen molar-refractivity contribution in [3.63, 3.8) is 0 Å². The van der Waals surface area contributed by atoms with Crippen molar-refractivity contribution in [1.29, 1.82) is 10.5 Å². The van der Waals surface area contributed by atoms with Gasteiger partial charge in [-0.3, -0.25) is 4.79 Å². The zero-order valence-electron chi connectivity index (χ0n) is 19.3. The summed E-state index contributed by atoms with van der Waals surface area (Å²) >= 11 is 0. The Balaban J connectivity index is 1.54. The van der Waals surface area contributed by atoms with Gasteiger partial charge in [-0.1, -0.05) is 12.1 Å². The number of carbonyl (C=O) groups excluding carboxylic acids is 1. The predicted molar refractivity (Wildman–Crippen MR) is 129 cm³/mol. The number of ether oxygens (including phenoxy) is 1. The highest BCUT2D eigenvalue weighted by Crippen LogP contribution is 2.26. The van der Waals surface area contributed by atoms with Gasteiger partial charge in [0.25, 0.3) is 0 Å². The van der Waals surface area contributed by atoms with Gasteiger partial charge in [-0.15, -0.1) is 0 Å². The Morgan fingerprint density at radius 3 is 2.50 bits per heavy atom. The van der Waals surface area contributed by atoms with E-state index in [4.69, 9.17) is 10.5 Å². The third kappa shape index (κ3) is 4.76. The molecule has 2 aromatic carbocycles. The second-order valence-electron chi connectivity index (χ2n) is 7.77. The van der Waals surface area contributed by atoms with E-state index in [9.17, 15) is 19.7 Å². The number of hydrogen-bond donors (Lipinski definition) is 2. The molecule has 36 heavy (non-hydrogen) atoms. The zero-order chi connectivity index (χ0) is 25.7. The van der Waals surface area contributed by atoms with E-state index >= 15 is 0 Å². The fraction of sp³-hybridized carbons (Fsp3) is 0.200. The summed E-state index contributed by atoms with van der Waals surface area (Å²) in [6, 6.07) is 16.8. The number of halogens is 1. The van der Waals surface area contributed by atoms with Crippen LogP contribution in [0.1, 0.15) is 29.3 Å². The van der Waals surface area contributed by atoms with Crippen LogP contribution in [0.25, 0.3) is 16.7 Å². The second-order valence-corrected chi connectivity index (χ2v) is 7.77. The normalized spacial score (nSPS) is 11.4. The minimum atomic E-state index is -1.24. The van der Waals surface area contributed by atoms with E-state index in [0.29, 0.717) is 47.6 Å². The van der Waals surface area contributed by atoms with Crippen molar-refractivity contribution >= 4 is 28.6 Å². The van der Waals surface area contributed by atoms with Crippen LogP contribution in [0.5, 0.6) is 0 Å². The van der Waals surface area contributed by atoms with E-state index in [2.05, 4.69) is 26.5 Å². The highest BCUT2D eigenvalue weighted by molar-refractivity contribution is 5.84. The van der Waals surface area contributed by atoms with Gasteiger partial charge in [-0.2, -0.15) is 15.6 Å². The van der Waals surface area contributed by atoms with Gasteiger partial charge in [0, 0.05) is 6.54 Å². The van der Waals surface area contributed by atoms with Crippen LogP contribution in [0.15, 0.2) is 48.5 Å². The lowest BCUT2D eigenvalue weighted by Gasteiger charge is -2.14. The van der Waals surface area contributed by atoms with Crippen LogP contribution >= 0.6 is 0 Å². The number of nitrogens with two attached hydrogens (primary N) is 1. The van der Waals surface area contributed by atoms with Crippen LogP contribution in [-0.4, -0.2) is 39.4 Å². The first kappa shape index (κ1) is 24.1. The summed E-state index contributed by atoms with van der Waals surface area (Å²) in [4.78, 5) is 21.2. The van der Waals surface area contributed by atoms with Crippen molar-refractivity contribution in [2.45, 2.75) is 18.8 Å². The third-order valence-corrected chi connectivity index (χ3v) is 5.50. The smallest absolute Gasteiger partial charge is 0.329 e. The van der Waals surface area contributed by atoms with Crippen LogP contribution in [0.4, 0.5) is 16.0 Å². The molecule has 10 nitrogen and oxygen atoms in total. The summed E-state index contributed by atoms with van der Waals surface area (Å²) in [6.07, 6.45) is 0.932. The first-order chi connectivity index (χ1) is 17.5. The molecule has 0 aliphatic rings. The predicted octanol–water partition coefficient (Wildman–Crippen LogP) is 3.23. The molecule has 0 amide bonds. The molecule has 0 fully saturated rings. The van der Waals surface area contributed by atoms with Crippen LogP contribution in [0, 0.1) is 28.5 Å². The van der Waals surface area contributed by atoms with Gasteiger partial charge in [-0.25, -0.2) is 19.0 Å². The molecule has 2 heterocycles. The Hall–Kier alpha value is -5.03. The summed E-state index contributed by atoms with van der Waals surface area (Å²) in [7, 11) is 1.21. The molecule has 0 unspecified atom stereocenters. The molecule has 4 aromatic rings. The third-order valence-electron chi connectivity index (χ3n) is 5.50. The number of fused-ring (bicyclic) bond motifs is 1. The lowest BCUT2D eigenvalue weighted by atomic mass is 10.1. The average molecular weight is 484 g/mol. The minimum absolute atomic E-state index is 0.171. The van der Waals surface area contributed by atoms with Gasteiger partial charge >= 0.3 is 5.97 Å². The number of carbonyl (C=O) groups is 1. The van der Waals surface area contributed by atoms with Crippen molar-refractivity contribution in [2.75, 3.05) is 24.7 Å². The molecule has 1 atom stereocenters. The number of aromatic nitrogens is 4. The van der Waals surface area contributed by atoms with Gasteiger partial charge in [0.2, 0.25) is 0 Å². The van der Waals surface area contributed by atoms with E-state index in [1.54, 1.807) is 18.2 Å². The topological polar surface area (TPSA) is 156 Å². The molecule has 0 spiro atoms. The number of nitrogen functional groups attached to an aromatic ring is 1. The number of hydrogen-bond acceptors (Lipinski definition) is 9. The number of nitriles is 2. The number of para-hydroxylation sites is 2. The quantitative estimate of drug-likeness (QED) is 0.283. The number of benzene rings is 2. The maximum atomic E-state index is 13.3. The number of nitrogens with one attached hydrogen (secondary N) is 1. The van der Waals surface area contributed by atoms with E-state index in [1.165, 1.54) is 36.1 Å². The Kier molecular flexibility index (Phi) is 7.02. The summed E-state index contributed by atoms with van der Waals surface area (Å²) in [5.41, 5.74) is 8.72. The first-order valence-corrected chi connectivity index (χ1v) is 11.0. The lowest BCUT2D eigenvalue weighted by molar-refractivity contribution is -0.141. The van der Waals surface area contributed by atoms with Crippen LogP contribution in [-0.2, 0) is 16.0 Å². The monoisotopic (exact) mass is 484 g/mol. The molecular formula is C25H21FN8O2. The fourth-order valence-corrected chi connectivity index (χ4v) is 3.71. The molecular weight excluding hydrogens is 463 g/mol. The highest BCUT2D eigenvalue weighted by atomic mass is 19.1. The van der Waals surface area contributed by atoms with Gasteiger partial charge < -0.3 is 15.8 Å². The molecule has 0 saturated carbocycles. The molecule has 0 aliphatic carbocycles. The number of anilines is 2. The maximum absolute atomic E-state index is 13.3. The Morgan fingerprint density at radius 2 is 1.86 bits per heavy atom. The van der Waals surface area contributed by atoms with E-state index in [1.807, 2.05) is 12.1 Å². The van der Waals surface area contributed by atoms with Crippen molar-refractivity contribution in [3.8, 4) is 17.8 Å². The maximum Gasteiger partial charge on any atom is 0.329 e. The van der Waals surface area contributed by atoms with Gasteiger partial charge in [-0.05, 0) is 49.2 Å². The number of methoxy groups -OCH3 is 1. The van der Waals surface area contributed by atoms with Crippen LogP contribution < -0.4 is 11.1 Å². The van der Waals surface area contributed by atoms with Gasteiger partial charge in [0.05, 0.1) is 35.6 Å². The molecule has 4 rings (SSSR count). The summed E-state index contributed by atoms with van der Waals surface area (Å²) in [5.74, 6) is -1.90. The van der Waals surface area contributed by atoms with E-state index < -0.39 is 17.7 Å². The molecule has 2 aromatic heterocycles. The summed E-state index contributed by atoms with van der Waals surface area (Å²) in [6.45, 7) is 0.382. The average Bonchev–Trinajstić information content (AvgIpc) is 3.22. The standard InChI is InChI=1S/C25H21FN8O2/c1-36-25(35)18(14-28)22-24(32-21-6-3-2-5-20(21)31-22)30-12-4-7-19-17(13-27)23(29)34(33-19)16-10-8-15(26)9-11-16/h2-3,5-6,8-11,18H,4,7,12,29H2,1H3,(H,30,32)/t18-/m0/s1. The van der Waals surface area contributed by atoms with Gasteiger partial charge in [0.15, 0.2) is 11.7 Å².